The highest BCUT2D eigenvalue weighted by molar-refractivity contribution is 5.16. The summed E-state index contributed by atoms with van der Waals surface area (Å²) in [7, 11) is 0. The molecule has 1 aromatic rings. The highest BCUT2D eigenvalue weighted by Gasteiger charge is 2.35. The minimum absolute atomic E-state index is 0.612. The number of aromatic nitrogens is 2. The van der Waals surface area contributed by atoms with Crippen LogP contribution in [-0.2, 0) is 12.1 Å². The van der Waals surface area contributed by atoms with Crippen molar-refractivity contribution in [3.8, 4) is 0 Å². The van der Waals surface area contributed by atoms with Gasteiger partial charge in [0.05, 0.1) is 11.8 Å². The maximum atomic E-state index is 10.6. The lowest BCUT2D eigenvalue weighted by Gasteiger charge is -2.35. The molecule has 0 atom stereocenters. The monoisotopic (exact) mass is 222 g/mol. The molecule has 0 bridgehead atoms. The first-order valence-corrected chi connectivity index (χ1v) is 6.43. The summed E-state index contributed by atoms with van der Waals surface area (Å²) < 4.78 is 1.89. The van der Waals surface area contributed by atoms with Crippen molar-refractivity contribution in [1.29, 1.82) is 0 Å². The quantitative estimate of drug-likeness (QED) is 0.854. The van der Waals surface area contributed by atoms with Crippen molar-refractivity contribution in [3.05, 3.63) is 18.0 Å². The van der Waals surface area contributed by atoms with Crippen LogP contribution in [0.1, 0.15) is 51.5 Å². The van der Waals surface area contributed by atoms with E-state index in [0.717, 1.165) is 43.7 Å². The van der Waals surface area contributed by atoms with E-state index in [1.165, 1.54) is 6.42 Å². The molecule has 0 amide bonds. The minimum atomic E-state index is -0.612. The number of aryl methyl sites for hydroxylation is 1. The average Bonchev–Trinajstić information content (AvgIpc) is 2.79. The van der Waals surface area contributed by atoms with Crippen molar-refractivity contribution in [2.24, 2.45) is 5.92 Å². The molecule has 1 fully saturated rings. The van der Waals surface area contributed by atoms with Crippen molar-refractivity contribution in [3.63, 3.8) is 0 Å². The van der Waals surface area contributed by atoms with Crippen LogP contribution in [0.4, 0.5) is 0 Å². The first kappa shape index (κ1) is 11.6. The molecular weight excluding hydrogens is 200 g/mol. The number of hydrogen-bond acceptors (Lipinski definition) is 2. The molecule has 1 aliphatic rings. The third-order valence-corrected chi connectivity index (χ3v) is 4.00. The Balaban J connectivity index is 2.08. The molecule has 1 heterocycles. The molecule has 0 radical (unpaired) electrons. The lowest BCUT2D eigenvalue weighted by Crippen LogP contribution is -2.31. The van der Waals surface area contributed by atoms with Crippen LogP contribution in [0.2, 0.25) is 0 Å². The minimum Gasteiger partial charge on any atom is -0.385 e. The second-order valence-corrected chi connectivity index (χ2v) is 4.97. The highest BCUT2D eigenvalue weighted by atomic mass is 16.3. The first-order chi connectivity index (χ1) is 7.68. The molecule has 0 aliphatic heterocycles. The van der Waals surface area contributed by atoms with Gasteiger partial charge in [-0.3, -0.25) is 4.68 Å². The van der Waals surface area contributed by atoms with Crippen LogP contribution in [0.3, 0.4) is 0 Å². The van der Waals surface area contributed by atoms with Crippen molar-refractivity contribution < 1.29 is 5.11 Å². The van der Waals surface area contributed by atoms with Crippen molar-refractivity contribution in [2.75, 3.05) is 0 Å². The van der Waals surface area contributed by atoms with Gasteiger partial charge >= 0.3 is 0 Å². The van der Waals surface area contributed by atoms with Crippen LogP contribution in [0.25, 0.3) is 0 Å². The fourth-order valence-electron chi connectivity index (χ4n) is 2.63. The molecule has 3 heteroatoms. The van der Waals surface area contributed by atoms with Crippen LogP contribution in [0.15, 0.2) is 12.4 Å². The topological polar surface area (TPSA) is 38.1 Å². The summed E-state index contributed by atoms with van der Waals surface area (Å²) >= 11 is 0. The van der Waals surface area contributed by atoms with Gasteiger partial charge in [-0.25, -0.2) is 0 Å². The summed E-state index contributed by atoms with van der Waals surface area (Å²) in [4.78, 5) is 0. The molecule has 1 aromatic heterocycles. The summed E-state index contributed by atoms with van der Waals surface area (Å²) in [5, 5.41) is 14.9. The molecule has 90 valence electrons. The molecule has 0 saturated heterocycles. The van der Waals surface area contributed by atoms with Crippen molar-refractivity contribution in [1.82, 2.24) is 9.78 Å². The predicted octanol–water partition coefficient (Wildman–Crippen LogP) is 2.69. The van der Waals surface area contributed by atoms with Gasteiger partial charge in [0.15, 0.2) is 0 Å². The lowest BCUT2D eigenvalue weighted by molar-refractivity contribution is -0.0146. The second-order valence-electron chi connectivity index (χ2n) is 4.97. The summed E-state index contributed by atoms with van der Waals surface area (Å²) in [6.45, 7) is 5.17. The third kappa shape index (κ3) is 2.14. The lowest BCUT2D eigenvalue weighted by atomic mass is 9.75. The number of nitrogens with zero attached hydrogens (tertiary/aromatic N) is 2. The molecule has 0 unspecified atom stereocenters. The molecule has 0 spiro atoms. The van der Waals surface area contributed by atoms with Gasteiger partial charge in [-0.1, -0.05) is 13.3 Å². The number of rotatable bonds is 3. The van der Waals surface area contributed by atoms with E-state index >= 15 is 0 Å². The Kier molecular flexibility index (Phi) is 3.33. The molecule has 0 aromatic carbocycles. The van der Waals surface area contributed by atoms with Gasteiger partial charge in [0, 0.05) is 18.3 Å². The van der Waals surface area contributed by atoms with E-state index in [2.05, 4.69) is 18.9 Å². The largest absolute Gasteiger partial charge is 0.385 e. The maximum Gasteiger partial charge on any atom is 0.0927 e. The Labute approximate surface area is 97.5 Å². The van der Waals surface area contributed by atoms with E-state index < -0.39 is 5.60 Å². The molecule has 2 rings (SSSR count). The third-order valence-electron chi connectivity index (χ3n) is 4.00. The zero-order chi connectivity index (χ0) is 11.6. The Morgan fingerprint density at radius 1 is 1.44 bits per heavy atom. The predicted molar refractivity (Wildman–Crippen MR) is 64.0 cm³/mol. The van der Waals surface area contributed by atoms with Gasteiger partial charge in [-0.15, -0.1) is 0 Å². The SMILES string of the molecule is CCC1CCC(O)(c2cnn(CC)c2)CC1. The van der Waals surface area contributed by atoms with Crippen molar-refractivity contribution >= 4 is 0 Å². The smallest absolute Gasteiger partial charge is 0.0927 e. The van der Waals surface area contributed by atoms with E-state index in [1.807, 2.05) is 17.1 Å². The Morgan fingerprint density at radius 2 is 2.12 bits per heavy atom. The zero-order valence-corrected chi connectivity index (χ0v) is 10.3. The molecular formula is C13H22N2O. The van der Waals surface area contributed by atoms with Gasteiger partial charge < -0.3 is 5.11 Å². The van der Waals surface area contributed by atoms with Crippen LogP contribution in [0, 0.1) is 5.92 Å². The van der Waals surface area contributed by atoms with E-state index in [4.69, 9.17) is 0 Å². The van der Waals surface area contributed by atoms with Crippen molar-refractivity contribution in [2.45, 2.75) is 58.1 Å². The maximum absolute atomic E-state index is 10.6. The molecule has 1 saturated carbocycles. The number of aliphatic hydroxyl groups is 1. The normalized spacial score (nSPS) is 30.6. The van der Waals surface area contributed by atoms with Gasteiger partial charge in [-0.05, 0) is 38.5 Å². The fourth-order valence-corrected chi connectivity index (χ4v) is 2.63. The van der Waals surface area contributed by atoms with E-state index in [0.29, 0.717) is 0 Å². The van der Waals surface area contributed by atoms with E-state index in [-0.39, 0.29) is 0 Å². The Morgan fingerprint density at radius 3 is 2.62 bits per heavy atom. The number of hydrogen-bond donors (Lipinski definition) is 1. The van der Waals surface area contributed by atoms with Gasteiger partial charge in [0.2, 0.25) is 0 Å². The molecule has 3 nitrogen and oxygen atoms in total. The zero-order valence-electron chi connectivity index (χ0n) is 10.3. The Hall–Kier alpha value is -0.830. The molecule has 1 aliphatic carbocycles. The standard InChI is InChI=1S/C13H22N2O/c1-3-11-5-7-13(16,8-6-11)12-9-14-15(4-2)10-12/h9-11,16H,3-8H2,1-2H3. The Bertz CT molecular complexity index is 337. The average molecular weight is 222 g/mol. The van der Waals surface area contributed by atoms with E-state index in [1.54, 1.807) is 0 Å². The first-order valence-electron chi connectivity index (χ1n) is 6.43. The highest BCUT2D eigenvalue weighted by Crippen LogP contribution is 2.40. The van der Waals surface area contributed by atoms with Gasteiger partial charge in [0.25, 0.3) is 0 Å². The fraction of sp³-hybridized carbons (Fsp3) is 0.769. The molecule has 16 heavy (non-hydrogen) atoms. The summed E-state index contributed by atoms with van der Waals surface area (Å²) in [5.74, 6) is 0.807. The van der Waals surface area contributed by atoms with Crippen LogP contribution in [-0.4, -0.2) is 14.9 Å². The summed E-state index contributed by atoms with van der Waals surface area (Å²) in [6.07, 6.45) is 9.13. The second kappa shape index (κ2) is 4.58. The van der Waals surface area contributed by atoms with E-state index in [9.17, 15) is 5.11 Å². The van der Waals surface area contributed by atoms with Crippen LogP contribution < -0.4 is 0 Å². The van der Waals surface area contributed by atoms with Crippen LogP contribution in [0.5, 0.6) is 0 Å². The van der Waals surface area contributed by atoms with Crippen LogP contribution >= 0.6 is 0 Å². The summed E-state index contributed by atoms with van der Waals surface area (Å²) in [6, 6.07) is 0. The summed E-state index contributed by atoms with van der Waals surface area (Å²) in [5.41, 5.74) is 0.392. The van der Waals surface area contributed by atoms with Gasteiger partial charge in [-0.2, -0.15) is 5.10 Å². The van der Waals surface area contributed by atoms with Gasteiger partial charge in [0.1, 0.15) is 0 Å². The molecule has 1 N–H and O–H groups in total.